The van der Waals surface area contributed by atoms with E-state index in [1.807, 2.05) is 19.3 Å². The van der Waals surface area contributed by atoms with Gasteiger partial charge in [-0.3, -0.25) is 9.79 Å². The monoisotopic (exact) mass is 392 g/mol. The van der Waals surface area contributed by atoms with Gasteiger partial charge in [-0.25, -0.2) is 0 Å². The summed E-state index contributed by atoms with van der Waals surface area (Å²) in [6, 6.07) is 13.7. The molecule has 3 aliphatic rings. The molecular formula is C23H28N4O2. The minimum absolute atomic E-state index is 0.0243. The second-order valence-corrected chi connectivity index (χ2v) is 8.41. The fourth-order valence-electron chi connectivity index (χ4n) is 5.20. The first-order valence-corrected chi connectivity index (χ1v) is 10.6. The SMILES string of the molecule is CN=C(NCc1ccc(Cn2ccccc2=O)cc1)N1CC2C3CCC(O3)C2C1. The lowest BCUT2D eigenvalue weighted by atomic mass is 9.82. The third-order valence-electron chi connectivity index (χ3n) is 6.69. The highest BCUT2D eigenvalue weighted by atomic mass is 16.5. The van der Waals surface area contributed by atoms with E-state index >= 15 is 0 Å². The average molecular weight is 393 g/mol. The Morgan fingerprint density at radius 3 is 2.41 bits per heavy atom. The smallest absolute Gasteiger partial charge is 0.250 e. The lowest BCUT2D eigenvalue weighted by molar-refractivity contribution is 0.0767. The molecule has 5 rings (SSSR count). The number of nitrogens with zero attached hydrogens (tertiary/aromatic N) is 3. The van der Waals surface area contributed by atoms with E-state index in [0.29, 0.717) is 30.6 Å². The molecule has 3 fully saturated rings. The molecule has 6 nitrogen and oxygen atoms in total. The van der Waals surface area contributed by atoms with Gasteiger partial charge in [-0.05, 0) is 30.0 Å². The Morgan fingerprint density at radius 2 is 1.76 bits per heavy atom. The summed E-state index contributed by atoms with van der Waals surface area (Å²) in [4.78, 5) is 18.8. The van der Waals surface area contributed by atoms with Gasteiger partial charge in [0.25, 0.3) is 5.56 Å². The van der Waals surface area contributed by atoms with Gasteiger partial charge in [-0.1, -0.05) is 30.3 Å². The number of pyridine rings is 1. The number of aliphatic imine (C=N–C) groups is 1. The zero-order chi connectivity index (χ0) is 19.8. The minimum Gasteiger partial charge on any atom is -0.374 e. The molecule has 0 amide bonds. The first-order chi connectivity index (χ1) is 14.2. The molecule has 1 N–H and O–H groups in total. The average Bonchev–Trinajstić information content (AvgIpc) is 3.45. The number of aromatic nitrogens is 1. The second-order valence-electron chi connectivity index (χ2n) is 8.41. The standard InChI is InChI=1S/C23H28N4O2/c1-24-23(27-14-18-19(15-27)21-10-9-20(18)29-21)25-12-16-5-7-17(8-6-16)13-26-11-3-2-4-22(26)28/h2-8,11,18-21H,9-10,12-15H2,1H3,(H,24,25). The van der Waals surface area contributed by atoms with Crippen LogP contribution in [0.2, 0.25) is 0 Å². The van der Waals surface area contributed by atoms with Crippen LogP contribution in [0.3, 0.4) is 0 Å². The highest BCUT2D eigenvalue weighted by Crippen LogP contribution is 2.47. The van der Waals surface area contributed by atoms with Crippen molar-refractivity contribution in [3.05, 3.63) is 70.1 Å². The summed E-state index contributed by atoms with van der Waals surface area (Å²) in [6.45, 7) is 3.44. The van der Waals surface area contributed by atoms with Crippen LogP contribution in [0, 0.1) is 11.8 Å². The van der Waals surface area contributed by atoms with Crippen molar-refractivity contribution in [3.63, 3.8) is 0 Å². The Balaban J connectivity index is 1.18. The molecule has 1 aromatic carbocycles. The predicted octanol–water partition coefficient (Wildman–Crippen LogP) is 2.08. The summed E-state index contributed by atoms with van der Waals surface area (Å²) in [5, 5.41) is 3.53. The predicted molar refractivity (Wildman–Crippen MR) is 113 cm³/mol. The first kappa shape index (κ1) is 18.4. The first-order valence-electron chi connectivity index (χ1n) is 10.6. The number of rotatable bonds is 4. The van der Waals surface area contributed by atoms with Crippen molar-refractivity contribution in [2.75, 3.05) is 20.1 Å². The second kappa shape index (κ2) is 7.67. The topological polar surface area (TPSA) is 58.9 Å². The van der Waals surface area contributed by atoms with E-state index in [4.69, 9.17) is 4.74 Å². The van der Waals surface area contributed by atoms with Crippen molar-refractivity contribution < 1.29 is 4.74 Å². The van der Waals surface area contributed by atoms with Gasteiger partial charge in [-0.2, -0.15) is 0 Å². The van der Waals surface area contributed by atoms with Gasteiger partial charge in [0.05, 0.1) is 18.8 Å². The normalized spacial score (nSPS) is 28.0. The van der Waals surface area contributed by atoms with Crippen LogP contribution in [0.1, 0.15) is 24.0 Å². The van der Waals surface area contributed by atoms with Crippen molar-refractivity contribution in [2.45, 2.75) is 38.1 Å². The number of benzene rings is 1. The molecule has 4 unspecified atom stereocenters. The molecule has 0 radical (unpaired) electrons. The molecule has 1 aromatic heterocycles. The Morgan fingerprint density at radius 1 is 1.07 bits per heavy atom. The van der Waals surface area contributed by atoms with Gasteiger partial charge >= 0.3 is 0 Å². The Hall–Kier alpha value is -2.60. The summed E-state index contributed by atoms with van der Waals surface area (Å²) in [7, 11) is 1.86. The largest absolute Gasteiger partial charge is 0.374 e. The van der Waals surface area contributed by atoms with Crippen LogP contribution < -0.4 is 10.9 Å². The fourth-order valence-corrected chi connectivity index (χ4v) is 5.20. The Bertz CT molecular complexity index is 934. The molecule has 0 saturated carbocycles. The van der Waals surface area contributed by atoms with Gasteiger partial charge in [-0.15, -0.1) is 0 Å². The molecule has 152 valence electrons. The Labute approximate surface area is 171 Å². The van der Waals surface area contributed by atoms with E-state index < -0.39 is 0 Å². The number of likely N-dealkylation sites (tertiary alicyclic amines) is 1. The molecule has 2 bridgehead atoms. The Kier molecular flexibility index (Phi) is 4.87. The third-order valence-corrected chi connectivity index (χ3v) is 6.69. The molecule has 4 atom stereocenters. The summed E-state index contributed by atoms with van der Waals surface area (Å²) in [6.07, 6.45) is 5.22. The molecule has 2 aromatic rings. The third kappa shape index (κ3) is 3.57. The van der Waals surface area contributed by atoms with Crippen molar-refractivity contribution >= 4 is 5.96 Å². The summed E-state index contributed by atoms with van der Waals surface area (Å²) >= 11 is 0. The quantitative estimate of drug-likeness (QED) is 0.639. The number of guanidine groups is 1. The van der Waals surface area contributed by atoms with Gasteiger partial charge in [0, 0.05) is 50.8 Å². The maximum absolute atomic E-state index is 11.9. The van der Waals surface area contributed by atoms with Crippen molar-refractivity contribution in [3.8, 4) is 0 Å². The minimum atomic E-state index is 0.0243. The number of fused-ring (bicyclic) bond motifs is 5. The van der Waals surface area contributed by atoms with E-state index in [2.05, 4.69) is 39.5 Å². The highest BCUT2D eigenvalue weighted by molar-refractivity contribution is 5.80. The number of hydrogen-bond donors (Lipinski definition) is 1. The van der Waals surface area contributed by atoms with Crippen molar-refractivity contribution in [2.24, 2.45) is 16.8 Å². The van der Waals surface area contributed by atoms with Gasteiger partial charge in [0.15, 0.2) is 5.96 Å². The van der Waals surface area contributed by atoms with Crippen LogP contribution in [-0.2, 0) is 17.8 Å². The molecule has 29 heavy (non-hydrogen) atoms. The van der Waals surface area contributed by atoms with Gasteiger partial charge in [0.1, 0.15) is 0 Å². The number of hydrogen-bond acceptors (Lipinski definition) is 3. The van der Waals surface area contributed by atoms with E-state index in [9.17, 15) is 4.79 Å². The fraction of sp³-hybridized carbons (Fsp3) is 0.478. The van der Waals surface area contributed by atoms with E-state index in [1.54, 1.807) is 16.7 Å². The van der Waals surface area contributed by atoms with Crippen molar-refractivity contribution in [1.82, 2.24) is 14.8 Å². The zero-order valence-electron chi connectivity index (χ0n) is 16.8. The van der Waals surface area contributed by atoms with E-state index in [1.165, 1.54) is 18.4 Å². The maximum Gasteiger partial charge on any atom is 0.250 e. The van der Waals surface area contributed by atoms with Crippen LogP contribution in [0.4, 0.5) is 0 Å². The van der Waals surface area contributed by atoms with Crippen LogP contribution >= 0.6 is 0 Å². The molecular weight excluding hydrogens is 364 g/mol. The van der Waals surface area contributed by atoms with Crippen LogP contribution in [0.15, 0.2) is 58.4 Å². The van der Waals surface area contributed by atoms with Crippen molar-refractivity contribution in [1.29, 1.82) is 0 Å². The lowest BCUT2D eigenvalue weighted by Crippen LogP contribution is -2.40. The molecule has 4 heterocycles. The zero-order valence-corrected chi connectivity index (χ0v) is 16.8. The van der Waals surface area contributed by atoms with Gasteiger partial charge < -0.3 is 19.5 Å². The molecule has 3 aliphatic heterocycles. The van der Waals surface area contributed by atoms with Crippen LogP contribution in [-0.4, -0.2) is 47.8 Å². The van der Waals surface area contributed by atoms with Crippen LogP contribution in [0.5, 0.6) is 0 Å². The summed E-state index contributed by atoms with van der Waals surface area (Å²) in [5.74, 6) is 2.33. The molecule has 0 spiro atoms. The highest BCUT2D eigenvalue weighted by Gasteiger charge is 2.53. The molecule has 3 saturated heterocycles. The summed E-state index contributed by atoms with van der Waals surface area (Å²) in [5.41, 5.74) is 2.35. The van der Waals surface area contributed by atoms with Gasteiger partial charge in [0.2, 0.25) is 0 Å². The van der Waals surface area contributed by atoms with Crippen LogP contribution in [0.25, 0.3) is 0 Å². The number of ether oxygens (including phenoxy) is 1. The molecule has 0 aliphatic carbocycles. The maximum atomic E-state index is 11.9. The summed E-state index contributed by atoms with van der Waals surface area (Å²) < 4.78 is 7.80. The van der Waals surface area contributed by atoms with E-state index in [0.717, 1.165) is 31.2 Å². The number of nitrogens with one attached hydrogen (secondary N) is 1. The molecule has 6 heteroatoms. The van der Waals surface area contributed by atoms with E-state index in [-0.39, 0.29) is 5.56 Å². The lowest BCUT2D eigenvalue weighted by Gasteiger charge is -2.23.